The molecule has 2 rings (SSSR count). The summed E-state index contributed by atoms with van der Waals surface area (Å²) in [7, 11) is 1.68. The Kier molecular flexibility index (Phi) is 5.49. The molecule has 0 aliphatic heterocycles. The number of aromatic nitrogens is 1. The first-order valence-corrected chi connectivity index (χ1v) is 7.53. The quantitative estimate of drug-likeness (QED) is 0.805. The van der Waals surface area contributed by atoms with Gasteiger partial charge in [-0.1, -0.05) is 12.8 Å². The lowest BCUT2D eigenvalue weighted by molar-refractivity contribution is 0.0696. The van der Waals surface area contributed by atoms with Gasteiger partial charge >= 0.3 is 5.97 Å². The minimum absolute atomic E-state index is 0.0649. The zero-order chi connectivity index (χ0) is 16.0. The molecule has 1 saturated carbocycles. The third-order valence-corrected chi connectivity index (χ3v) is 4.36. The second-order valence-corrected chi connectivity index (χ2v) is 5.87. The van der Waals surface area contributed by atoms with Gasteiger partial charge in [0, 0.05) is 26.5 Å². The van der Waals surface area contributed by atoms with E-state index in [1.165, 1.54) is 31.2 Å². The van der Waals surface area contributed by atoms with Crippen LogP contribution in [0.2, 0.25) is 0 Å². The van der Waals surface area contributed by atoms with Crippen molar-refractivity contribution in [3.05, 3.63) is 29.6 Å². The van der Waals surface area contributed by atoms with E-state index in [0.717, 1.165) is 19.3 Å². The maximum absolute atomic E-state index is 12.2. The lowest BCUT2D eigenvalue weighted by atomic mass is 9.83. The fraction of sp³-hybridized carbons (Fsp3) is 0.562. The average molecular weight is 306 g/mol. The summed E-state index contributed by atoms with van der Waals surface area (Å²) in [5.74, 6) is -1.39. The summed E-state index contributed by atoms with van der Waals surface area (Å²) >= 11 is 0. The summed E-state index contributed by atoms with van der Waals surface area (Å²) in [6.45, 7) is 1.26. The van der Waals surface area contributed by atoms with Crippen LogP contribution in [0.25, 0.3) is 0 Å². The van der Waals surface area contributed by atoms with Crippen molar-refractivity contribution in [2.45, 2.75) is 32.1 Å². The summed E-state index contributed by atoms with van der Waals surface area (Å²) in [5.41, 5.74) is 0.297. The smallest absolute Gasteiger partial charge is 0.335 e. The molecule has 1 amide bonds. The number of aromatic carboxylic acids is 1. The highest BCUT2D eigenvalue weighted by atomic mass is 16.5. The van der Waals surface area contributed by atoms with E-state index in [9.17, 15) is 9.59 Å². The van der Waals surface area contributed by atoms with Gasteiger partial charge in [0.25, 0.3) is 5.91 Å². The maximum Gasteiger partial charge on any atom is 0.335 e. The van der Waals surface area contributed by atoms with Crippen LogP contribution in [0.1, 0.15) is 53.0 Å². The molecule has 1 aromatic heterocycles. The molecule has 1 aromatic rings. The molecule has 1 heterocycles. The predicted molar refractivity (Wildman–Crippen MR) is 80.9 cm³/mol. The predicted octanol–water partition coefficient (Wildman–Crippen LogP) is 2.11. The van der Waals surface area contributed by atoms with Crippen molar-refractivity contribution in [1.82, 2.24) is 10.3 Å². The summed E-state index contributed by atoms with van der Waals surface area (Å²) in [5, 5.41) is 11.9. The van der Waals surface area contributed by atoms with E-state index in [1.807, 2.05) is 0 Å². The molecule has 2 N–H and O–H groups in total. The highest BCUT2D eigenvalue weighted by Gasteiger charge is 2.33. The van der Waals surface area contributed by atoms with Crippen LogP contribution in [0.3, 0.4) is 0 Å². The Morgan fingerprint density at radius 2 is 2.14 bits per heavy atom. The van der Waals surface area contributed by atoms with Crippen LogP contribution in [0, 0.1) is 5.41 Å². The molecular formula is C16H22N2O4. The van der Waals surface area contributed by atoms with E-state index < -0.39 is 5.97 Å². The van der Waals surface area contributed by atoms with Gasteiger partial charge in [0.15, 0.2) is 0 Å². The van der Waals surface area contributed by atoms with Crippen molar-refractivity contribution >= 4 is 11.9 Å². The number of hydrogen-bond acceptors (Lipinski definition) is 4. The van der Waals surface area contributed by atoms with E-state index in [4.69, 9.17) is 9.84 Å². The average Bonchev–Trinajstić information content (AvgIpc) is 3.00. The van der Waals surface area contributed by atoms with Crippen LogP contribution in [0.5, 0.6) is 0 Å². The monoisotopic (exact) mass is 306 g/mol. The van der Waals surface area contributed by atoms with Gasteiger partial charge in [0.1, 0.15) is 5.69 Å². The Hall–Kier alpha value is -1.95. The van der Waals surface area contributed by atoms with Gasteiger partial charge in [-0.3, -0.25) is 9.78 Å². The molecule has 0 aromatic carbocycles. The minimum Gasteiger partial charge on any atom is -0.478 e. The van der Waals surface area contributed by atoms with Crippen molar-refractivity contribution < 1.29 is 19.4 Å². The maximum atomic E-state index is 12.2. The first kappa shape index (κ1) is 16.4. The number of nitrogens with zero attached hydrogens (tertiary/aromatic N) is 1. The SMILES string of the molecule is COCCC1(CNC(=O)c2cc(C(=O)O)ccn2)CCCC1. The number of carboxylic acids is 1. The fourth-order valence-electron chi connectivity index (χ4n) is 3.00. The Morgan fingerprint density at radius 3 is 2.77 bits per heavy atom. The molecule has 0 spiro atoms. The Bertz CT molecular complexity index is 539. The first-order valence-electron chi connectivity index (χ1n) is 7.53. The number of ether oxygens (including phenoxy) is 1. The van der Waals surface area contributed by atoms with Gasteiger partial charge < -0.3 is 15.2 Å². The van der Waals surface area contributed by atoms with Gasteiger partial charge in [-0.05, 0) is 36.8 Å². The summed E-state index contributed by atoms with van der Waals surface area (Å²) < 4.78 is 5.17. The molecule has 1 fully saturated rings. The molecule has 120 valence electrons. The zero-order valence-corrected chi connectivity index (χ0v) is 12.8. The molecule has 0 bridgehead atoms. The van der Waals surface area contributed by atoms with Crippen LogP contribution in [-0.2, 0) is 4.74 Å². The topological polar surface area (TPSA) is 88.5 Å². The second kappa shape index (κ2) is 7.35. The van der Waals surface area contributed by atoms with Crippen LogP contribution >= 0.6 is 0 Å². The number of amides is 1. The highest BCUT2D eigenvalue weighted by Crippen LogP contribution is 2.40. The van der Waals surface area contributed by atoms with Crippen molar-refractivity contribution in [2.24, 2.45) is 5.41 Å². The Morgan fingerprint density at radius 1 is 1.41 bits per heavy atom. The largest absolute Gasteiger partial charge is 0.478 e. The van der Waals surface area contributed by atoms with Gasteiger partial charge in [-0.2, -0.15) is 0 Å². The molecule has 0 atom stereocenters. The number of pyridine rings is 1. The van der Waals surface area contributed by atoms with Gasteiger partial charge in [-0.15, -0.1) is 0 Å². The number of hydrogen-bond donors (Lipinski definition) is 2. The van der Waals surface area contributed by atoms with Crippen LogP contribution < -0.4 is 5.32 Å². The number of nitrogens with one attached hydrogen (secondary N) is 1. The highest BCUT2D eigenvalue weighted by molar-refractivity contribution is 5.95. The summed E-state index contributed by atoms with van der Waals surface area (Å²) in [4.78, 5) is 27.1. The number of carboxylic acid groups (broad SMARTS) is 1. The molecule has 22 heavy (non-hydrogen) atoms. The minimum atomic E-state index is -1.07. The van der Waals surface area contributed by atoms with Crippen molar-refractivity contribution in [1.29, 1.82) is 0 Å². The molecule has 6 nitrogen and oxygen atoms in total. The number of methoxy groups -OCH3 is 1. The zero-order valence-electron chi connectivity index (χ0n) is 12.8. The van der Waals surface area contributed by atoms with E-state index >= 15 is 0 Å². The third kappa shape index (κ3) is 4.04. The Balaban J connectivity index is 1.99. The lowest BCUT2D eigenvalue weighted by Crippen LogP contribution is -2.37. The molecule has 0 unspecified atom stereocenters. The second-order valence-electron chi connectivity index (χ2n) is 5.87. The van der Waals surface area contributed by atoms with Crippen molar-refractivity contribution in [2.75, 3.05) is 20.3 Å². The van der Waals surface area contributed by atoms with Gasteiger partial charge in [0.2, 0.25) is 0 Å². The number of carbonyl (C=O) groups excluding carboxylic acids is 1. The molecular weight excluding hydrogens is 284 g/mol. The molecule has 0 radical (unpaired) electrons. The molecule has 1 aliphatic rings. The van der Waals surface area contributed by atoms with Gasteiger partial charge in [-0.25, -0.2) is 4.79 Å². The van der Waals surface area contributed by atoms with E-state index in [2.05, 4.69) is 10.3 Å². The van der Waals surface area contributed by atoms with Crippen LogP contribution in [-0.4, -0.2) is 42.2 Å². The van der Waals surface area contributed by atoms with Crippen LogP contribution in [0.4, 0.5) is 0 Å². The lowest BCUT2D eigenvalue weighted by Gasteiger charge is -2.29. The fourth-order valence-corrected chi connectivity index (χ4v) is 3.00. The van der Waals surface area contributed by atoms with E-state index in [-0.39, 0.29) is 22.6 Å². The van der Waals surface area contributed by atoms with E-state index in [0.29, 0.717) is 13.2 Å². The Labute approximate surface area is 129 Å². The summed E-state index contributed by atoms with van der Waals surface area (Å²) in [6, 6.07) is 2.67. The van der Waals surface area contributed by atoms with Crippen molar-refractivity contribution in [3.8, 4) is 0 Å². The standard InChI is InChI=1S/C16H22N2O4/c1-22-9-7-16(5-2-3-6-16)11-18-14(19)13-10-12(15(20)21)4-8-17-13/h4,8,10H,2-3,5-7,9,11H2,1H3,(H,18,19)(H,20,21). The normalized spacial score (nSPS) is 16.4. The number of carbonyl (C=O) groups is 2. The molecule has 1 aliphatic carbocycles. The third-order valence-electron chi connectivity index (χ3n) is 4.36. The number of rotatable bonds is 7. The van der Waals surface area contributed by atoms with Crippen molar-refractivity contribution in [3.63, 3.8) is 0 Å². The first-order chi connectivity index (χ1) is 10.6. The van der Waals surface area contributed by atoms with Crippen LogP contribution in [0.15, 0.2) is 18.3 Å². The van der Waals surface area contributed by atoms with E-state index in [1.54, 1.807) is 7.11 Å². The van der Waals surface area contributed by atoms with Gasteiger partial charge in [0.05, 0.1) is 5.56 Å². The molecule has 6 heteroatoms. The summed E-state index contributed by atoms with van der Waals surface area (Å²) in [6.07, 6.45) is 6.78. The molecule has 0 saturated heterocycles.